The first-order chi connectivity index (χ1) is 16.5. The van der Waals surface area contributed by atoms with Gasteiger partial charge >= 0.3 is 12.1 Å². The number of anilines is 4. The molecule has 0 spiro atoms. The molecule has 2 aromatic carbocycles. The van der Waals surface area contributed by atoms with Crippen LogP contribution in [0.15, 0.2) is 65.3 Å². The van der Waals surface area contributed by atoms with Crippen LogP contribution in [0.2, 0.25) is 0 Å². The van der Waals surface area contributed by atoms with Crippen LogP contribution < -0.4 is 10.6 Å². The number of sulfonamides is 1. The summed E-state index contributed by atoms with van der Waals surface area (Å²) in [5, 5.41) is 6.02. The highest BCUT2D eigenvalue weighted by Gasteiger charge is 2.43. The normalized spacial score (nSPS) is 12.0. The zero-order chi connectivity index (χ0) is 25.2. The molecular weight excluding hydrogens is 509 g/mol. The van der Waals surface area contributed by atoms with E-state index in [0.29, 0.717) is 18.7 Å². The Morgan fingerprint density at radius 2 is 1.69 bits per heavy atom. The number of aromatic nitrogens is 3. The first kappa shape index (κ1) is 24.3. The minimum Gasteiger partial charge on any atom is -0.345 e. The molecule has 2 aromatic heterocycles. The highest BCUT2D eigenvalue weighted by Crippen LogP contribution is 2.26. The largest absolute Gasteiger partial charge is 0.492 e. The second-order valence-electron chi connectivity index (χ2n) is 6.89. The SMILES string of the molecule is CN(OC(=O)C(F)(F)F)S(=O)(=O)c1cccc(Nc2cc(Nc3ccc4scnc4c3)ncn2)c1. The van der Waals surface area contributed by atoms with Gasteiger partial charge in [-0.3, -0.25) is 0 Å². The molecule has 0 saturated heterocycles. The summed E-state index contributed by atoms with van der Waals surface area (Å²) in [5.41, 5.74) is 3.58. The lowest BCUT2D eigenvalue weighted by Crippen LogP contribution is -2.36. The summed E-state index contributed by atoms with van der Waals surface area (Å²) in [5.74, 6) is -1.91. The van der Waals surface area contributed by atoms with Crippen LogP contribution in [0.4, 0.5) is 36.2 Å². The third kappa shape index (κ3) is 5.64. The number of rotatable bonds is 7. The molecule has 0 amide bonds. The number of hydrogen-bond donors (Lipinski definition) is 2. The molecule has 0 radical (unpaired) electrons. The molecule has 2 heterocycles. The van der Waals surface area contributed by atoms with E-state index in [-0.39, 0.29) is 10.2 Å². The van der Waals surface area contributed by atoms with Gasteiger partial charge in [-0.1, -0.05) is 6.07 Å². The van der Waals surface area contributed by atoms with E-state index in [1.165, 1.54) is 29.8 Å². The van der Waals surface area contributed by atoms with Crippen LogP contribution in [-0.2, 0) is 19.7 Å². The average Bonchev–Trinajstić information content (AvgIpc) is 3.27. The molecule has 4 aromatic rings. The summed E-state index contributed by atoms with van der Waals surface area (Å²) < 4.78 is 63.2. The number of thiazole rings is 1. The zero-order valence-corrected chi connectivity index (χ0v) is 19.3. The summed E-state index contributed by atoms with van der Waals surface area (Å²) in [6, 6.07) is 12.4. The second kappa shape index (κ2) is 9.44. The fourth-order valence-corrected chi connectivity index (χ4v) is 4.47. The number of fused-ring (bicyclic) bond motifs is 1. The molecule has 4 rings (SSSR count). The molecule has 0 fully saturated rings. The molecule has 0 aliphatic rings. The van der Waals surface area contributed by atoms with Crippen molar-refractivity contribution in [2.24, 2.45) is 0 Å². The predicted octanol–water partition coefficient (Wildman–Crippen LogP) is 4.21. The van der Waals surface area contributed by atoms with Gasteiger partial charge in [0.15, 0.2) is 0 Å². The third-order valence-electron chi connectivity index (χ3n) is 4.46. The van der Waals surface area contributed by atoms with Gasteiger partial charge in [-0.2, -0.15) is 13.2 Å². The number of nitrogens with one attached hydrogen (secondary N) is 2. The van der Waals surface area contributed by atoms with Crippen molar-refractivity contribution in [2.75, 3.05) is 17.7 Å². The van der Waals surface area contributed by atoms with Gasteiger partial charge in [0.1, 0.15) is 18.0 Å². The maximum Gasteiger partial charge on any atom is 0.492 e. The van der Waals surface area contributed by atoms with E-state index in [2.05, 4.69) is 30.4 Å². The Kier molecular flexibility index (Phi) is 6.56. The quantitative estimate of drug-likeness (QED) is 0.342. The van der Waals surface area contributed by atoms with Crippen molar-refractivity contribution < 1.29 is 31.2 Å². The number of nitrogens with zero attached hydrogens (tertiary/aromatic N) is 4. The molecule has 0 unspecified atom stereocenters. The standard InChI is InChI=1S/C20H15F3N6O4S2/c1-29(33-19(30)20(21,22)23)35(31,32)14-4-2-3-12(7-14)27-17-9-18(25-10-24-17)28-13-5-6-16-15(8-13)26-11-34-16/h2-11H,1H3,(H2,24,25,27,28). The molecule has 0 atom stereocenters. The monoisotopic (exact) mass is 524 g/mol. The van der Waals surface area contributed by atoms with Crippen molar-refractivity contribution >= 4 is 60.6 Å². The zero-order valence-electron chi connectivity index (χ0n) is 17.6. The molecular formula is C20H15F3N6O4S2. The van der Waals surface area contributed by atoms with Crippen molar-refractivity contribution in [2.45, 2.75) is 11.1 Å². The highest BCUT2D eigenvalue weighted by atomic mass is 32.2. The number of hydroxylamine groups is 1. The van der Waals surface area contributed by atoms with Crippen molar-refractivity contribution in [3.63, 3.8) is 0 Å². The van der Waals surface area contributed by atoms with Crippen LogP contribution in [0.25, 0.3) is 10.2 Å². The smallest absolute Gasteiger partial charge is 0.345 e. The number of alkyl halides is 3. The maximum atomic E-state index is 12.5. The lowest BCUT2D eigenvalue weighted by Gasteiger charge is -2.17. The van der Waals surface area contributed by atoms with Gasteiger partial charge in [0.2, 0.25) is 0 Å². The molecule has 35 heavy (non-hydrogen) atoms. The van der Waals surface area contributed by atoms with E-state index in [4.69, 9.17) is 0 Å². The molecule has 0 saturated carbocycles. The number of carbonyl (C=O) groups is 1. The van der Waals surface area contributed by atoms with Crippen molar-refractivity contribution in [3.05, 3.63) is 60.4 Å². The first-order valence-corrected chi connectivity index (χ1v) is 11.9. The number of benzene rings is 2. The number of carbonyl (C=O) groups excluding carboxylic acids is 1. The van der Waals surface area contributed by atoms with Crippen molar-refractivity contribution in [1.82, 2.24) is 19.4 Å². The van der Waals surface area contributed by atoms with Crippen molar-refractivity contribution in [1.29, 1.82) is 0 Å². The van der Waals surface area contributed by atoms with Gasteiger partial charge in [0, 0.05) is 24.5 Å². The van der Waals surface area contributed by atoms with Crippen LogP contribution in [-0.4, -0.2) is 47.0 Å². The minimum atomic E-state index is -5.35. The highest BCUT2D eigenvalue weighted by molar-refractivity contribution is 7.89. The minimum absolute atomic E-state index is 0.145. The first-order valence-electron chi connectivity index (χ1n) is 9.60. The van der Waals surface area contributed by atoms with E-state index in [0.717, 1.165) is 28.0 Å². The van der Waals surface area contributed by atoms with Gasteiger partial charge in [-0.05, 0) is 40.9 Å². The number of halogens is 3. The Balaban J connectivity index is 1.50. The molecule has 0 bridgehead atoms. The average molecular weight is 525 g/mol. The van der Waals surface area contributed by atoms with Gasteiger partial charge in [-0.25, -0.2) is 28.2 Å². The Labute approximate surface area is 200 Å². The Morgan fingerprint density at radius 3 is 2.37 bits per heavy atom. The van der Waals surface area contributed by atoms with Gasteiger partial charge in [0.25, 0.3) is 10.0 Å². The van der Waals surface area contributed by atoms with E-state index < -0.39 is 27.1 Å². The molecule has 182 valence electrons. The van der Waals surface area contributed by atoms with E-state index in [1.807, 2.05) is 18.2 Å². The summed E-state index contributed by atoms with van der Waals surface area (Å²) >= 11 is 1.52. The summed E-state index contributed by atoms with van der Waals surface area (Å²) in [7, 11) is -3.89. The summed E-state index contributed by atoms with van der Waals surface area (Å²) in [6.07, 6.45) is -4.06. The van der Waals surface area contributed by atoms with E-state index >= 15 is 0 Å². The summed E-state index contributed by atoms with van der Waals surface area (Å²) in [4.78, 5) is 27.0. The fourth-order valence-electron chi connectivity index (χ4n) is 2.83. The van der Waals surface area contributed by atoms with Crippen molar-refractivity contribution in [3.8, 4) is 0 Å². The van der Waals surface area contributed by atoms with Crippen LogP contribution in [0, 0.1) is 0 Å². The molecule has 2 N–H and O–H groups in total. The fraction of sp³-hybridized carbons (Fsp3) is 0.100. The second-order valence-corrected chi connectivity index (χ2v) is 9.71. The Bertz CT molecular complexity index is 1490. The van der Waals surface area contributed by atoms with Crippen LogP contribution in [0.1, 0.15) is 0 Å². The van der Waals surface area contributed by atoms with Gasteiger partial charge in [0.05, 0.1) is 20.6 Å². The van der Waals surface area contributed by atoms with Gasteiger partial charge < -0.3 is 15.5 Å². The topological polar surface area (TPSA) is 126 Å². The van der Waals surface area contributed by atoms with E-state index in [9.17, 15) is 26.4 Å². The Hall–Kier alpha value is -3.82. The third-order valence-corrected chi connectivity index (χ3v) is 6.87. The molecule has 0 aliphatic heterocycles. The van der Waals surface area contributed by atoms with Crippen LogP contribution in [0.3, 0.4) is 0 Å². The summed E-state index contributed by atoms with van der Waals surface area (Å²) in [6.45, 7) is 0. The van der Waals surface area contributed by atoms with E-state index in [1.54, 1.807) is 11.6 Å². The molecule has 10 nitrogen and oxygen atoms in total. The Morgan fingerprint density at radius 1 is 1.00 bits per heavy atom. The number of hydrogen-bond acceptors (Lipinski definition) is 10. The maximum absolute atomic E-state index is 12.5. The molecule has 15 heteroatoms. The predicted molar refractivity (Wildman–Crippen MR) is 122 cm³/mol. The lowest BCUT2D eigenvalue weighted by molar-refractivity contribution is -0.219. The molecule has 0 aliphatic carbocycles. The van der Waals surface area contributed by atoms with Gasteiger partial charge in [-0.15, -0.1) is 11.3 Å². The van der Waals surface area contributed by atoms with Crippen LogP contribution in [0.5, 0.6) is 0 Å². The lowest BCUT2D eigenvalue weighted by atomic mass is 10.3. The van der Waals surface area contributed by atoms with Crippen LogP contribution >= 0.6 is 11.3 Å².